The summed E-state index contributed by atoms with van der Waals surface area (Å²) < 4.78 is 0. The van der Waals surface area contributed by atoms with Crippen molar-refractivity contribution in [2.24, 2.45) is 0 Å². The van der Waals surface area contributed by atoms with Gasteiger partial charge < -0.3 is 10.5 Å². The molecule has 1 rings (SSSR count). The minimum absolute atomic E-state index is 0.668. The summed E-state index contributed by atoms with van der Waals surface area (Å²) in [6, 6.07) is 0.668. The SMILES string of the molecule is CC1CCN[B]N1. The topological polar surface area (TPSA) is 24.1 Å². The second kappa shape index (κ2) is 2.33. The number of hydrogen-bond donors (Lipinski definition) is 2. The fourth-order valence-corrected chi connectivity index (χ4v) is 0.657. The fraction of sp³-hybridized carbons (Fsp3) is 1.00. The first-order valence-electron chi connectivity index (χ1n) is 2.71. The highest BCUT2D eigenvalue weighted by Gasteiger charge is 2.05. The van der Waals surface area contributed by atoms with Crippen LogP contribution in [0.25, 0.3) is 0 Å². The number of rotatable bonds is 0. The molecule has 1 radical (unpaired) electrons. The highest BCUT2D eigenvalue weighted by molar-refractivity contribution is 6.29. The molecular formula is C4H10BN2. The highest BCUT2D eigenvalue weighted by atomic mass is 15.0. The smallest absolute Gasteiger partial charge is 0.307 e. The summed E-state index contributed by atoms with van der Waals surface area (Å²) in [4.78, 5) is 0. The van der Waals surface area contributed by atoms with Crippen LogP contribution in [0.4, 0.5) is 0 Å². The van der Waals surface area contributed by atoms with E-state index in [1.54, 1.807) is 0 Å². The van der Waals surface area contributed by atoms with Gasteiger partial charge in [0.1, 0.15) is 0 Å². The van der Waals surface area contributed by atoms with Crippen molar-refractivity contribution in [2.75, 3.05) is 6.54 Å². The van der Waals surface area contributed by atoms with Gasteiger partial charge in [0.05, 0.1) is 0 Å². The lowest BCUT2D eigenvalue weighted by Gasteiger charge is -2.18. The molecule has 1 aliphatic rings. The number of nitrogens with one attached hydrogen (secondary N) is 2. The molecule has 0 spiro atoms. The van der Waals surface area contributed by atoms with E-state index in [1.165, 1.54) is 6.42 Å². The van der Waals surface area contributed by atoms with Crippen molar-refractivity contribution in [3.63, 3.8) is 0 Å². The summed E-state index contributed by atoms with van der Waals surface area (Å²) in [6.45, 7) is 3.30. The van der Waals surface area contributed by atoms with Gasteiger partial charge in [-0.1, -0.05) is 6.92 Å². The third kappa shape index (κ3) is 1.49. The molecule has 1 atom stereocenters. The summed E-state index contributed by atoms with van der Waals surface area (Å²) in [5, 5.41) is 6.22. The van der Waals surface area contributed by atoms with Gasteiger partial charge in [-0.2, -0.15) is 0 Å². The molecule has 0 aromatic rings. The molecule has 1 aliphatic heterocycles. The zero-order valence-electron chi connectivity index (χ0n) is 4.57. The normalized spacial score (nSPS) is 31.9. The van der Waals surface area contributed by atoms with Crippen LogP contribution in [-0.4, -0.2) is 20.1 Å². The first-order valence-corrected chi connectivity index (χ1v) is 2.71. The molecular weight excluding hydrogens is 86.9 g/mol. The van der Waals surface area contributed by atoms with E-state index >= 15 is 0 Å². The molecule has 0 bridgehead atoms. The van der Waals surface area contributed by atoms with Crippen LogP contribution in [0.15, 0.2) is 0 Å². The van der Waals surface area contributed by atoms with E-state index in [-0.39, 0.29) is 0 Å². The Bertz CT molecular complexity index is 51.7. The molecule has 1 saturated heterocycles. The van der Waals surface area contributed by atoms with Gasteiger partial charge >= 0.3 is 7.55 Å². The predicted octanol–water partition coefficient (Wildman–Crippen LogP) is -0.508. The Kier molecular flexibility index (Phi) is 1.71. The monoisotopic (exact) mass is 97.1 g/mol. The number of hydrogen-bond acceptors (Lipinski definition) is 2. The average Bonchev–Trinajstić information content (AvgIpc) is 1.69. The minimum atomic E-state index is 0.668. The van der Waals surface area contributed by atoms with E-state index in [4.69, 9.17) is 0 Å². The molecule has 0 saturated carbocycles. The van der Waals surface area contributed by atoms with Gasteiger partial charge in [-0.15, -0.1) is 0 Å². The lowest BCUT2D eigenvalue weighted by Crippen LogP contribution is -2.46. The van der Waals surface area contributed by atoms with Crippen LogP contribution in [0.2, 0.25) is 0 Å². The van der Waals surface area contributed by atoms with Crippen LogP contribution in [0.5, 0.6) is 0 Å². The predicted molar refractivity (Wildman–Crippen MR) is 31.0 cm³/mol. The van der Waals surface area contributed by atoms with Crippen molar-refractivity contribution in [1.29, 1.82) is 0 Å². The molecule has 1 unspecified atom stereocenters. The summed E-state index contributed by atoms with van der Waals surface area (Å²) in [7, 11) is 1.91. The second-order valence-electron chi connectivity index (χ2n) is 1.95. The van der Waals surface area contributed by atoms with Crippen LogP contribution >= 0.6 is 0 Å². The lowest BCUT2D eigenvalue weighted by atomic mass is 10.0. The van der Waals surface area contributed by atoms with E-state index in [0.29, 0.717) is 6.04 Å². The quantitative estimate of drug-likeness (QED) is 0.398. The van der Waals surface area contributed by atoms with Gasteiger partial charge in [0.2, 0.25) is 0 Å². The standard InChI is InChI=1S/C4H10BN2/c1-4-2-3-6-5-7-4/h4,6-7H,2-3H2,1H3. The van der Waals surface area contributed by atoms with E-state index in [9.17, 15) is 0 Å². The van der Waals surface area contributed by atoms with Crippen molar-refractivity contribution in [2.45, 2.75) is 19.4 Å². The van der Waals surface area contributed by atoms with Crippen LogP contribution < -0.4 is 10.5 Å². The third-order valence-corrected chi connectivity index (χ3v) is 1.19. The van der Waals surface area contributed by atoms with Gasteiger partial charge in [-0.3, -0.25) is 0 Å². The summed E-state index contributed by atoms with van der Waals surface area (Å²) in [5.41, 5.74) is 0. The maximum Gasteiger partial charge on any atom is 0.307 e. The Balaban J connectivity index is 2.12. The van der Waals surface area contributed by atoms with Crippen molar-refractivity contribution < 1.29 is 0 Å². The van der Waals surface area contributed by atoms with Crippen molar-refractivity contribution in [3.8, 4) is 0 Å². The molecule has 0 aromatic heterocycles. The Hall–Kier alpha value is -0.0151. The molecule has 7 heavy (non-hydrogen) atoms. The molecule has 0 aromatic carbocycles. The first kappa shape index (κ1) is 5.13. The van der Waals surface area contributed by atoms with E-state index in [1.807, 2.05) is 7.55 Å². The van der Waals surface area contributed by atoms with Gasteiger partial charge in [-0.05, 0) is 19.0 Å². The van der Waals surface area contributed by atoms with E-state index < -0.39 is 0 Å². The third-order valence-electron chi connectivity index (χ3n) is 1.19. The molecule has 3 heteroatoms. The second-order valence-corrected chi connectivity index (χ2v) is 1.95. The Morgan fingerprint density at radius 2 is 2.57 bits per heavy atom. The Labute approximate surface area is 45.0 Å². The molecule has 0 aliphatic carbocycles. The highest BCUT2D eigenvalue weighted by Crippen LogP contribution is 1.88. The van der Waals surface area contributed by atoms with Crippen molar-refractivity contribution in [1.82, 2.24) is 10.5 Å². The molecule has 39 valence electrons. The first-order chi connectivity index (χ1) is 3.39. The maximum absolute atomic E-state index is 3.15. The zero-order chi connectivity index (χ0) is 5.11. The zero-order valence-corrected chi connectivity index (χ0v) is 4.57. The minimum Gasteiger partial charge on any atom is -0.346 e. The van der Waals surface area contributed by atoms with E-state index in [0.717, 1.165) is 6.54 Å². The maximum atomic E-state index is 3.15. The van der Waals surface area contributed by atoms with Gasteiger partial charge in [0.15, 0.2) is 0 Å². The summed E-state index contributed by atoms with van der Waals surface area (Å²) in [5.74, 6) is 0. The largest absolute Gasteiger partial charge is 0.346 e. The Morgan fingerprint density at radius 1 is 1.71 bits per heavy atom. The van der Waals surface area contributed by atoms with Crippen LogP contribution in [-0.2, 0) is 0 Å². The summed E-state index contributed by atoms with van der Waals surface area (Å²) >= 11 is 0. The average molecular weight is 96.9 g/mol. The van der Waals surface area contributed by atoms with Crippen molar-refractivity contribution >= 4 is 7.55 Å². The molecule has 0 amide bonds. The van der Waals surface area contributed by atoms with Crippen molar-refractivity contribution in [3.05, 3.63) is 0 Å². The summed E-state index contributed by atoms with van der Waals surface area (Å²) in [6.07, 6.45) is 1.23. The molecule has 2 N–H and O–H groups in total. The van der Waals surface area contributed by atoms with E-state index in [2.05, 4.69) is 17.4 Å². The van der Waals surface area contributed by atoms with Gasteiger partial charge in [0, 0.05) is 0 Å². The van der Waals surface area contributed by atoms with Crippen LogP contribution in [0.3, 0.4) is 0 Å². The molecule has 1 heterocycles. The van der Waals surface area contributed by atoms with Crippen LogP contribution in [0.1, 0.15) is 13.3 Å². The lowest BCUT2D eigenvalue weighted by molar-refractivity contribution is 0.571. The van der Waals surface area contributed by atoms with Gasteiger partial charge in [-0.25, -0.2) is 0 Å². The Morgan fingerprint density at radius 3 is 2.86 bits per heavy atom. The molecule has 2 nitrogen and oxygen atoms in total. The molecule has 1 fully saturated rings. The van der Waals surface area contributed by atoms with Gasteiger partial charge in [0.25, 0.3) is 0 Å². The van der Waals surface area contributed by atoms with Crippen LogP contribution in [0, 0.1) is 0 Å². The fourth-order valence-electron chi connectivity index (χ4n) is 0.657.